The van der Waals surface area contributed by atoms with E-state index in [1.165, 1.54) is 12.8 Å². The number of hydrogen-bond acceptors (Lipinski definition) is 1. The number of hydrogen-bond donors (Lipinski definition) is 1. The topological polar surface area (TPSA) is 29.1 Å². The molecular formula is C12H19NO. The number of carbonyl (C=O) groups excluding carboxylic acids is 1. The Morgan fingerprint density at radius 3 is 2.21 bits per heavy atom. The van der Waals surface area contributed by atoms with Crippen molar-refractivity contribution in [3.63, 3.8) is 0 Å². The van der Waals surface area contributed by atoms with E-state index in [1.54, 1.807) is 6.92 Å². The van der Waals surface area contributed by atoms with Crippen LogP contribution in [-0.4, -0.2) is 11.4 Å². The van der Waals surface area contributed by atoms with E-state index in [0.29, 0.717) is 0 Å². The Hall–Kier alpha value is -0.790. The predicted molar refractivity (Wildman–Crippen MR) is 56.8 cm³/mol. The zero-order valence-corrected chi connectivity index (χ0v) is 9.05. The first-order valence-corrected chi connectivity index (χ1v) is 5.53. The fourth-order valence-electron chi connectivity index (χ4n) is 3.19. The third-order valence-corrected chi connectivity index (χ3v) is 3.61. The van der Waals surface area contributed by atoms with Gasteiger partial charge in [0, 0.05) is 12.5 Å². The Bertz CT molecular complexity index is 253. The zero-order chi connectivity index (χ0) is 10.2. The molecular weight excluding hydrogens is 174 g/mol. The van der Waals surface area contributed by atoms with Crippen molar-refractivity contribution in [1.29, 1.82) is 0 Å². The van der Waals surface area contributed by atoms with Crippen molar-refractivity contribution in [3.05, 3.63) is 12.2 Å². The van der Waals surface area contributed by atoms with Crippen LogP contribution in [0.5, 0.6) is 0 Å². The first kappa shape index (κ1) is 9.75. The summed E-state index contributed by atoms with van der Waals surface area (Å²) in [7, 11) is 0. The van der Waals surface area contributed by atoms with Gasteiger partial charge in [-0.3, -0.25) is 4.79 Å². The van der Waals surface area contributed by atoms with Crippen molar-refractivity contribution >= 4 is 5.91 Å². The lowest BCUT2D eigenvalue weighted by Gasteiger charge is -2.25. The second kappa shape index (κ2) is 3.41. The molecule has 0 aromatic carbocycles. The van der Waals surface area contributed by atoms with Crippen LogP contribution in [0.15, 0.2) is 12.2 Å². The van der Waals surface area contributed by atoms with Gasteiger partial charge in [0.05, 0.1) is 0 Å². The van der Waals surface area contributed by atoms with E-state index >= 15 is 0 Å². The average molecular weight is 193 g/mol. The first-order chi connectivity index (χ1) is 6.59. The van der Waals surface area contributed by atoms with Crippen LogP contribution in [-0.2, 0) is 4.79 Å². The molecule has 1 amide bonds. The number of amides is 1. The lowest BCUT2D eigenvalue weighted by atomic mass is 9.86. The van der Waals surface area contributed by atoms with Crippen LogP contribution >= 0.6 is 0 Å². The monoisotopic (exact) mass is 193 g/mol. The van der Waals surface area contributed by atoms with Crippen LogP contribution in [0.4, 0.5) is 0 Å². The summed E-state index contributed by atoms with van der Waals surface area (Å²) in [6.07, 6.45) is 9.31. The number of rotatable bonds is 1. The van der Waals surface area contributed by atoms with Crippen molar-refractivity contribution in [2.75, 3.05) is 0 Å². The van der Waals surface area contributed by atoms with Gasteiger partial charge < -0.3 is 5.32 Å². The Morgan fingerprint density at radius 2 is 1.79 bits per heavy atom. The van der Waals surface area contributed by atoms with Crippen LogP contribution in [0.3, 0.4) is 0 Å². The molecule has 14 heavy (non-hydrogen) atoms. The van der Waals surface area contributed by atoms with Gasteiger partial charge in [-0.2, -0.15) is 0 Å². The summed E-state index contributed by atoms with van der Waals surface area (Å²) >= 11 is 0. The summed E-state index contributed by atoms with van der Waals surface area (Å²) in [4.78, 5) is 11.1. The van der Waals surface area contributed by atoms with Crippen molar-refractivity contribution in [2.24, 2.45) is 11.8 Å². The molecule has 0 heterocycles. The van der Waals surface area contributed by atoms with E-state index in [1.807, 2.05) is 0 Å². The quantitative estimate of drug-likeness (QED) is 0.636. The summed E-state index contributed by atoms with van der Waals surface area (Å²) in [6.45, 7) is 3.80. The molecule has 1 fully saturated rings. The van der Waals surface area contributed by atoms with E-state index in [4.69, 9.17) is 0 Å². The fraction of sp³-hybridized carbons (Fsp3) is 0.750. The third kappa shape index (κ3) is 1.84. The van der Waals surface area contributed by atoms with Crippen LogP contribution in [0.2, 0.25) is 0 Å². The number of carbonyl (C=O) groups is 1. The van der Waals surface area contributed by atoms with Crippen molar-refractivity contribution in [1.82, 2.24) is 5.32 Å². The summed E-state index contributed by atoms with van der Waals surface area (Å²) < 4.78 is 0. The third-order valence-electron chi connectivity index (χ3n) is 3.61. The molecule has 0 aromatic heterocycles. The van der Waals surface area contributed by atoms with Crippen molar-refractivity contribution in [2.45, 2.75) is 45.1 Å². The van der Waals surface area contributed by atoms with Gasteiger partial charge in [0.2, 0.25) is 5.91 Å². The van der Waals surface area contributed by atoms with Gasteiger partial charge >= 0.3 is 0 Å². The second-order valence-corrected chi connectivity index (χ2v) is 5.11. The van der Waals surface area contributed by atoms with Crippen LogP contribution < -0.4 is 5.32 Å². The van der Waals surface area contributed by atoms with Gasteiger partial charge in [-0.05, 0) is 44.4 Å². The molecule has 2 aliphatic rings. The molecule has 0 bridgehead atoms. The highest BCUT2D eigenvalue weighted by Crippen LogP contribution is 2.44. The minimum absolute atomic E-state index is 0.0627. The van der Waals surface area contributed by atoms with Crippen LogP contribution in [0.1, 0.15) is 39.5 Å². The van der Waals surface area contributed by atoms with Crippen molar-refractivity contribution in [3.8, 4) is 0 Å². The number of allylic oxidation sites excluding steroid dienone is 2. The maximum Gasteiger partial charge on any atom is 0.217 e. The van der Waals surface area contributed by atoms with Gasteiger partial charge in [0.15, 0.2) is 0 Å². The van der Waals surface area contributed by atoms with Gasteiger partial charge in [-0.1, -0.05) is 12.2 Å². The zero-order valence-electron chi connectivity index (χ0n) is 9.05. The minimum Gasteiger partial charge on any atom is -0.351 e. The van der Waals surface area contributed by atoms with Gasteiger partial charge in [0.25, 0.3) is 0 Å². The SMILES string of the molecule is CC(=O)NC1(C)C[C@H]2CC=CC[C@H]2C1. The molecule has 1 N–H and O–H groups in total. The van der Waals surface area contributed by atoms with E-state index < -0.39 is 0 Å². The maximum absolute atomic E-state index is 11.1. The molecule has 2 rings (SSSR count). The molecule has 78 valence electrons. The molecule has 2 aliphatic carbocycles. The van der Waals surface area contributed by atoms with Gasteiger partial charge in [-0.25, -0.2) is 0 Å². The maximum atomic E-state index is 11.1. The molecule has 0 spiro atoms. The van der Waals surface area contributed by atoms with E-state index in [0.717, 1.165) is 24.7 Å². The van der Waals surface area contributed by atoms with Gasteiger partial charge in [0.1, 0.15) is 0 Å². The molecule has 2 nitrogen and oxygen atoms in total. The highest BCUT2D eigenvalue weighted by molar-refractivity contribution is 5.73. The minimum atomic E-state index is 0.0627. The van der Waals surface area contributed by atoms with Gasteiger partial charge in [-0.15, -0.1) is 0 Å². The number of nitrogens with one attached hydrogen (secondary N) is 1. The molecule has 1 saturated carbocycles. The normalized spacial score (nSPS) is 40.7. The van der Waals surface area contributed by atoms with Crippen molar-refractivity contribution < 1.29 is 4.79 Å². The second-order valence-electron chi connectivity index (χ2n) is 5.11. The molecule has 0 aliphatic heterocycles. The Balaban J connectivity index is 2.03. The Kier molecular flexibility index (Phi) is 2.38. The fourth-order valence-corrected chi connectivity index (χ4v) is 3.19. The lowest BCUT2D eigenvalue weighted by molar-refractivity contribution is -0.120. The largest absolute Gasteiger partial charge is 0.351 e. The summed E-state index contributed by atoms with van der Waals surface area (Å²) in [6, 6.07) is 0. The average Bonchev–Trinajstić information content (AvgIpc) is 2.38. The smallest absolute Gasteiger partial charge is 0.217 e. The van der Waals surface area contributed by atoms with E-state index in [-0.39, 0.29) is 11.4 Å². The highest BCUT2D eigenvalue weighted by atomic mass is 16.1. The molecule has 2 heteroatoms. The number of fused-ring (bicyclic) bond motifs is 1. The standard InChI is InChI=1S/C12H19NO/c1-9(14)13-12(2)7-10-5-3-4-6-11(10)8-12/h3-4,10-11H,5-8H2,1-2H3,(H,13,14)/t10-,11+,12?. The predicted octanol–water partition coefficient (Wildman–Crippen LogP) is 2.26. The molecule has 0 aromatic rings. The van der Waals surface area contributed by atoms with E-state index in [9.17, 15) is 4.79 Å². The highest BCUT2D eigenvalue weighted by Gasteiger charge is 2.42. The molecule has 3 atom stereocenters. The van der Waals surface area contributed by atoms with Crippen LogP contribution in [0, 0.1) is 11.8 Å². The Labute approximate surface area is 85.8 Å². The summed E-state index contributed by atoms with van der Waals surface area (Å²) in [5, 5.41) is 3.11. The van der Waals surface area contributed by atoms with E-state index in [2.05, 4.69) is 24.4 Å². The molecule has 0 radical (unpaired) electrons. The lowest BCUT2D eigenvalue weighted by Crippen LogP contribution is -2.42. The Morgan fingerprint density at radius 1 is 1.29 bits per heavy atom. The van der Waals surface area contributed by atoms with Crippen LogP contribution in [0.25, 0.3) is 0 Å². The first-order valence-electron chi connectivity index (χ1n) is 5.53. The molecule has 1 unspecified atom stereocenters. The summed E-state index contributed by atoms with van der Waals surface area (Å²) in [5.41, 5.74) is 0.0627. The molecule has 0 saturated heterocycles. The summed E-state index contributed by atoms with van der Waals surface area (Å²) in [5.74, 6) is 1.72.